The smallest absolute Gasteiger partial charge is 0.309 e. The van der Waals surface area contributed by atoms with Crippen molar-refractivity contribution in [1.29, 1.82) is 0 Å². The quantitative estimate of drug-likeness (QED) is 0.838. The maximum absolute atomic E-state index is 11.0. The number of carboxylic acid groups (broad SMARTS) is 1. The molecule has 4 nitrogen and oxygen atoms in total. The van der Waals surface area contributed by atoms with Crippen LogP contribution in [0.3, 0.4) is 0 Å². The third-order valence-corrected chi connectivity index (χ3v) is 4.32. The van der Waals surface area contributed by atoms with Crippen molar-refractivity contribution in [2.75, 3.05) is 5.32 Å². The number of aliphatic carboxylic acids is 1. The topological polar surface area (TPSA) is 62.2 Å². The number of para-hydroxylation sites is 1. The van der Waals surface area contributed by atoms with E-state index in [1.807, 2.05) is 30.3 Å². The molecule has 0 radical (unpaired) electrons. The SMILES string of the molecule is O=C(O)Cc1cc(NC2CCCCCC2)c2ccccc2n1. The molecule has 1 aliphatic rings. The number of nitrogens with zero attached hydrogens (tertiary/aromatic N) is 1. The highest BCUT2D eigenvalue weighted by Gasteiger charge is 2.15. The highest BCUT2D eigenvalue weighted by Crippen LogP contribution is 2.27. The van der Waals surface area contributed by atoms with Gasteiger partial charge in [0.25, 0.3) is 0 Å². The first-order valence-corrected chi connectivity index (χ1v) is 8.09. The van der Waals surface area contributed by atoms with E-state index in [4.69, 9.17) is 5.11 Å². The fourth-order valence-electron chi connectivity index (χ4n) is 3.24. The number of carbonyl (C=O) groups is 1. The van der Waals surface area contributed by atoms with Crippen molar-refractivity contribution in [2.45, 2.75) is 51.0 Å². The van der Waals surface area contributed by atoms with Gasteiger partial charge < -0.3 is 10.4 Å². The van der Waals surface area contributed by atoms with Gasteiger partial charge in [-0.2, -0.15) is 0 Å². The number of benzene rings is 1. The second-order valence-electron chi connectivity index (χ2n) is 6.08. The van der Waals surface area contributed by atoms with Gasteiger partial charge in [-0.05, 0) is 25.0 Å². The number of hydrogen-bond donors (Lipinski definition) is 2. The molecule has 1 aromatic carbocycles. The Morgan fingerprint density at radius 2 is 1.91 bits per heavy atom. The lowest BCUT2D eigenvalue weighted by Crippen LogP contribution is -2.19. The highest BCUT2D eigenvalue weighted by atomic mass is 16.4. The lowest BCUT2D eigenvalue weighted by molar-refractivity contribution is -0.136. The molecule has 1 saturated carbocycles. The van der Waals surface area contributed by atoms with E-state index in [1.54, 1.807) is 0 Å². The normalized spacial score (nSPS) is 16.4. The summed E-state index contributed by atoms with van der Waals surface area (Å²) in [6.07, 6.45) is 7.50. The van der Waals surface area contributed by atoms with Crippen LogP contribution in [0.25, 0.3) is 10.9 Å². The molecule has 3 rings (SSSR count). The summed E-state index contributed by atoms with van der Waals surface area (Å²) < 4.78 is 0. The van der Waals surface area contributed by atoms with Gasteiger partial charge in [0, 0.05) is 17.1 Å². The van der Waals surface area contributed by atoms with E-state index in [9.17, 15) is 4.79 Å². The van der Waals surface area contributed by atoms with Crippen LogP contribution in [-0.4, -0.2) is 22.1 Å². The Hall–Kier alpha value is -2.10. The van der Waals surface area contributed by atoms with Crippen molar-refractivity contribution in [3.05, 3.63) is 36.0 Å². The maximum Gasteiger partial charge on any atom is 0.309 e. The molecule has 4 heteroatoms. The minimum absolute atomic E-state index is 0.0375. The fourth-order valence-corrected chi connectivity index (χ4v) is 3.24. The number of pyridine rings is 1. The zero-order valence-electron chi connectivity index (χ0n) is 12.7. The minimum Gasteiger partial charge on any atom is -0.481 e. The molecular formula is C18H22N2O2. The largest absolute Gasteiger partial charge is 0.481 e. The zero-order chi connectivity index (χ0) is 15.4. The second kappa shape index (κ2) is 6.77. The molecule has 0 spiro atoms. The maximum atomic E-state index is 11.0. The third-order valence-electron chi connectivity index (χ3n) is 4.32. The highest BCUT2D eigenvalue weighted by molar-refractivity contribution is 5.92. The summed E-state index contributed by atoms with van der Waals surface area (Å²) in [4.78, 5) is 15.5. The van der Waals surface area contributed by atoms with Crippen LogP contribution in [-0.2, 0) is 11.2 Å². The van der Waals surface area contributed by atoms with Crippen LogP contribution in [0.5, 0.6) is 0 Å². The van der Waals surface area contributed by atoms with Gasteiger partial charge >= 0.3 is 5.97 Å². The number of hydrogen-bond acceptors (Lipinski definition) is 3. The molecular weight excluding hydrogens is 276 g/mol. The molecule has 2 N–H and O–H groups in total. The van der Waals surface area contributed by atoms with Gasteiger partial charge in [-0.3, -0.25) is 9.78 Å². The Balaban J connectivity index is 1.93. The van der Waals surface area contributed by atoms with E-state index < -0.39 is 5.97 Å². The first kappa shape index (κ1) is 14.8. The van der Waals surface area contributed by atoms with Crippen LogP contribution in [0, 0.1) is 0 Å². The number of anilines is 1. The molecule has 0 amide bonds. The Labute approximate surface area is 130 Å². The molecule has 1 aromatic heterocycles. The third kappa shape index (κ3) is 3.56. The summed E-state index contributed by atoms with van der Waals surface area (Å²) in [5, 5.41) is 13.7. The standard InChI is InChI=1S/C18H22N2O2/c21-18(22)12-14-11-17(15-9-5-6-10-16(15)20-14)19-13-7-3-1-2-4-8-13/h5-6,9-11,13H,1-4,7-8,12H2,(H,19,20)(H,21,22). The Morgan fingerprint density at radius 1 is 1.18 bits per heavy atom. The predicted octanol–water partition coefficient (Wildman–Crippen LogP) is 4.00. The van der Waals surface area contributed by atoms with Gasteiger partial charge in [-0.25, -0.2) is 0 Å². The van der Waals surface area contributed by atoms with Gasteiger partial charge in [0.05, 0.1) is 17.6 Å². The van der Waals surface area contributed by atoms with E-state index in [0.717, 1.165) is 16.6 Å². The van der Waals surface area contributed by atoms with E-state index in [0.29, 0.717) is 11.7 Å². The molecule has 1 heterocycles. The second-order valence-corrected chi connectivity index (χ2v) is 6.08. The molecule has 2 aromatic rings. The number of fused-ring (bicyclic) bond motifs is 1. The predicted molar refractivity (Wildman–Crippen MR) is 88.2 cm³/mol. The lowest BCUT2D eigenvalue weighted by Gasteiger charge is -2.19. The number of carboxylic acids is 1. The summed E-state index contributed by atoms with van der Waals surface area (Å²) >= 11 is 0. The van der Waals surface area contributed by atoms with Crippen molar-refractivity contribution < 1.29 is 9.90 Å². The Bertz CT molecular complexity index is 661. The Morgan fingerprint density at radius 3 is 2.64 bits per heavy atom. The molecule has 1 aliphatic carbocycles. The van der Waals surface area contributed by atoms with Crippen LogP contribution in [0.2, 0.25) is 0 Å². The molecule has 0 saturated heterocycles. The van der Waals surface area contributed by atoms with Gasteiger partial charge in [0.15, 0.2) is 0 Å². The van der Waals surface area contributed by atoms with Gasteiger partial charge in [0.2, 0.25) is 0 Å². The zero-order valence-corrected chi connectivity index (χ0v) is 12.7. The van der Waals surface area contributed by atoms with Crippen LogP contribution in [0.15, 0.2) is 30.3 Å². The summed E-state index contributed by atoms with van der Waals surface area (Å²) in [6.45, 7) is 0. The van der Waals surface area contributed by atoms with Crippen molar-refractivity contribution in [2.24, 2.45) is 0 Å². The van der Waals surface area contributed by atoms with Crippen molar-refractivity contribution in [1.82, 2.24) is 4.98 Å². The van der Waals surface area contributed by atoms with Crippen molar-refractivity contribution in [3.63, 3.8) is 0 Å². The Kier molecular flexibility index (Phi) is 4.56. The fraction of sp³-hybridized carbons (Fsp3) is 0.444. The summed E-state index contributed by atoms with van der Waals surface area (Å²) in [6, 6.07) is 10.3. The van der Waals surface area contributed by atoms with Crippen LogP contribution in [0.1, 0.15) is 44.2 Å². The monoisotopic (exact) mass is 298 g/mol. The van der Waals surface area contributed by atoms with Gasteiger partial charge in [0.1, 0.15) is 0 Å². The van der Waals surface area contributed by atoms with Crippen molar-refractivity contribution >= 4 is 22.6 Å². The first-order chi connectivity index (χ1) is 10.7. The molecule has 1 fully saturated rings. The molecule has 22 heavy (non-hydrogen) atoms. The van der Waals surface area contributed by atoms with E-state index in [-0.39, 0.29) is 6.42 Å². The van der Waals surface area contributed by atoms with Gasteiger partial charge in [-0.15, -0.1) is 0 Å². The molecule has 0 unspecified atom stereocenters. The summed E-state index contributed by atoms with van der Waals surface area (Å²) in [5.74, 6) is -0.844. The average molecular weight is 298 g/mol. The number of rotatable bonds is 4. The first-order valence-electron chi connectivity index (χ1n) is 8.09. The summed E-state index contributed by atoms with van der Waals surface area (Å²) in [5.41, 5.74) is 2.49. The van der Waals surface area contributed by atoms with E-state index in [2.05, 4.69) is 10.3 Å². The van der Waals surface area contributed by atoms with Crippen LogP contribution in [0.4, 0.5) is 5.69 Å². The molecule has 0 atom stereocenters. The lowest BCUT2D eigenvalue weighted by atomic mass is 10.1. The molecule has 0 bridgehead atoms. The van der Waals surface area contributed by atoms with Crippen LogP contribution < -0.4 is 5.32 Å². The summed E-state index contributed by atoms with van der Waals surface area (Å²) in [7, 11) is 0. The molecule has 0 aliphatic heterocycles. The minimum atomic E-state index is -0.844. The van der Waals surface area contributed by atoms with E-state index >= 15 is 0 Å². The molecule has 116 valence electrons. The van der Waals surface area contributed by atoms with Crippen molar-refractivity contribution in [3.8, 4) is 0 Å². The average Bonchev–Trinajstić information content (AvgIpc) is 2.75. The van der Waals surface area contributed by atoms with Crippen LogP contribution >= 0.6 is 0 Å². The van der Waals surface area contributed by atoms with Gasteiger partial charge in [-0.1, -0.05) is 43.9 Å². The van der Waals surface area contributed by atoms with E-state index in [1.165, 1.54) is 38.5 Å². The number of nitrogens with one attached hydrogen (secondary N) is 1. The number of aromatic nitrogens is 1.